The number of hydrogen-bond donors (Lipinski definition) is 1. The first-order valence-electron chi connectivity index (χ1n) is 9.71. The van der Waals surface area contributed by atoms with Crippen LogP contribution in [-0.4, -0.2) is 29.8 Å². The van der Waals surface area contributed by atoms with Gasteiger partial charge in [-0.3, -0.25) is 28.6 Å². The van der Waals surface area contributed by atoms with E-state index in [1.165, 1.54) is 37.0 Å². The second-order valence-electron chi connectivity index (χ2n) is 7.21. The number of rotatable bonds is 6. The molecule has 2 aromatic carbocycles. The fourth-order valence-electron chi connectivity index (χ4n) is 3.33. The molecule has 0 atom stereocenters. The zero-order valence-electron chi connectivity index (χ0n) is 17.6. The summed E-state index contributed by atoms with van der Waals surface area (Å²) >= 11 is 6.32. The van der Waals surface area contributed by atoms with Gasteiger partial charge >= 0.3 is 5.69 Å². The Balaban J connectivity index is 1.78. The molecule has 2 aromatic heterocycles. The molecule has 4 rings (SSSR count). The molecule has 2 heterocycles. The molecule has 0 spiro atoms. The van der Waals surface area contributed by atoms with Crippen molar-refractivity contribution in [2.45, 2.75) is 6.54 Å². The molecule has 0 bridgehead atoms. The van der Waals surface area contributed by atoms with Crippen molar-refractivity contribution in [3.8, 4) is 0 Å². The van der Waals surface area contributed by atoms with Crippen LogP contribution in [0, 0.1) is 10.1 Å². The minimum absolute atomic E-state index is 0.0293. The number of fused-ring (bicyclic) bond motifs is 1. The van der Waals surface area contributed by atoms with Crippen molar-refractivity contribution in [3.05, 3.63) is 95.6 Å². The van der Waals surface area contributed by atoms with Crippen LogP contribution in [0.4, 0.5) is 11.6 Å². The highest BCUT2D eigenvalue weighted by molar-refractivity contribution is 6.31. The summed E-state index contributed by atoms with van der Waals surface area (Å²) < 4.78 is 3.90. The minimum atomic E-state index is -0.504. The molecule has 0 radical (unpaired) electrons. The van der Waals surface area contributed by atoms with E-state index in [1.807, 2.05) is 12.1 Å². The number of nitro benzene ring substituents is 1. The van der Waals surface area contributed by atoms with E-state index in [0.29, 0.717) is 10.6 Å². The van der Waals surface area contributed by atoms with Crippen molar-refractivity contribution in [2.75, 3.05) is 5.43 Å². The maximum atomic E-state index is 12.9. The van der Waals surface area contributed by atoms with Crippen molar-refractivity contribution in [3.63, 3.8) is 0 Å². The summed E-state index contributed by atoms with van der Waals surface area (Å²) in [6, 6.07) is 13.0. The maximum absolute atomic E-state index is 12.9. The number of benzene rings is 2. The van der Waals surface area contributed by atoms with Crippen molar-refractivity contribution < 1.29 is 4.92 Å². The van der Waals surface area contributed by atoms with Crippen LogP contribution >= 0.6 is 11.6 Å². The Morgan fingerprint density at radius 2 is 1.82 bits per heavy atom. The number of nitrogens with zero attached hydrogens (tertiary/aromatic N) is 6. The van der Waals surface area contributed by atoms with Gasteiger partial charge in [0.2, 0.25) is 5.95 Å². The second-order valence-corrected chi connectivity index (χ2v) is 7.62. The van der Waals surface area contributed by atoms with Crippen LogP contribution in [-0.2, 0) is 20.6 Å². The number of aromatic nitrogens is 4. The highest BCUT2D eigenvalue weighted by Crippen LogP contribution is 2.22. The summed E-state index contributed by atoms with van der Waals surface area (Å²) in [4.78, 5) is 40.0. The van der Waals surface area contributed by atoms with Crippen LogP contribution in [0.2, 0.25) is 5.02 Å². The van der Waals surface area contributed by atoms with Crippen LogP contribution in [0.5, 0.6) is 0 Å². The molecule has 0 saturated heterocycles. The minimum Gasteiger partial charge on any atom is -0.298 e. The molecular formula is C21H18ClN7O4. The van der Waals surface area contributed by atoms with Crippen LogP contribution in [0.15, 0.2) is 63.2 Å². The quantitative estimate of drug-likeness (QED) is 0.263. The van der Waals surface area contributed by atoms with Gasteiger partial charge in [0.25, 0.3) is 11.2 Å². The molecule has 4 aromatic rings. The van der Waals surface area contributed by atoms with Gasteiger partial charge in [-0.25, -0.2) is 10.2 Å². The second kappa shape index (κ2) is 8.71. The van der Waals surface area contributed by atoms with E-state index in [-0.39, 0.29) is 29.3 Å². The Labute approximate surface area is 191 Å². The van der Waals surface area contributed by atoms with Gasteiger partial charge in [0.05, 0.1) is 17.7 Å². The number of nitrogens with one attached hydrogen (secondary N) is 1. The van der Waals surface area contributed by atoms with E-state index in [1.54, 1.807) is 28.8 Å². The largest absolute Gasteiger partial charge is 0.332 e. The number of halogens is 1. The monoisotopic (exact) mass is 467 g/mol. The van der Waals surface area contributed by atoms with Gasteiger partial charge in [-0.15, -0.1) is 0 Å². The molecule has 0 aliphatic rings. The van der Waals surface area contributed by atoms with Crippen molar-refractivity contribution in [2.24, 2.45) is 19.2 Å². The van der Waals surface area contributed by atoms with Crippen LogP contribution in [0.1, 0.15) is 11.1 Å². The number of anilines is 1. The molecule has 0 amide bonds. The predicted octanol–water partition coefficient (Wildman–Crippen LogP) is 2.49. The predicted molar refractivity (Wildman–Crippen MR) is 125 cm³/mol. The van der Waals surface area contributed by atoms with Crippen molar-refractivity contribution in [1.82, 2.24) is 18.7 Å². The fourth-order valence-corrected chi connectivity index (χ4v) is 3.52. The summed E-state index contributed by atoms with van der Waals surface area (Å²) in [7, 11) is 2.93. The number of nitro groups is 1. The standard InChI is InChI=1S/C21H18ClN7O4/c1-26-18-17(19(30)27(2)21(26)31)28(12-14-5-3-4-6-16(14)22)20(24-18)25-23-11-13-7-9-15(10-8-13)29(32)33/h3-11H,12H2,1-2H3,(H,24,25)/b23-11+. The summed E-state index contributed by atoms with van der Waals surface area (Å²) in [6.07, 6.45) is 1.46. The average molecular weight is 468 g/mol. The Morgan fingerprint density at radius 1 is 1.12 bits per heavy atom. The van der Waals surface area contributed by atoms with E-state index in [4.69, 9.17) is 11.6 Å². The topological polar surface area (TPSA) is 129 Å². The number of non-ortho nitro benzene ring substituents is 1. The molecule has 33 heavy (non-hydrogen) atoms. The third kappa shape index (κ3) is 4.13. The van der Waals surface area contributed by atoms with Gasteiger partial charge < -0.3 is 0 Å². The Morgan fingerprint density at radius 3 is 2.48 bits per heavy atom. The van der Waals surface area contributed by atoms with Crippen LogP contribution < -0.4 is 16.7 Å². The molecule has 0 fully saturated rings. The first-order chi connectivity index (χ1) is 15.8. The summed E-state index contributed by atoms with van der Waals surface area (Å²) in [5.41, 5.74) is 3.55. The van der Waals surface area contributed by atoms with Crippen LogP contribution in [0.25, 0.3) is 11.2 Å². The van der Waals surface area contributed by atoms with E-state index in [9.17, 15) is 19.7 Å². The maximum Gasteiger partial charge on any atom is 0.332 e. The number of hydrogen-bond acceptors (Lipinski definition) is 7. The smallest absolute Gasteiger partial charge is 0.298 e. The lowest BCUT2D eigenvalue weighted by atomic mass is 10.2. The van der Waals surface area contributed by atoms with Gasteiger partial charge in [0.15, 0.2) is 11.2 Å². The highest BCUT2D eigenvalue weighted by atomic mass is 35.5. The lowest BCUT2D eigenvalue weighted by molar-refractivity contribution is -0.384. The van der Waals surface area contributed by atoms with Gasteiger partial charge in [-0.2, -0.15) is 10.1 Å². The lowest BCUT2D eigenvalue weighted by Gasteiger charge is -2.10. The Hall–Kier alpha value is -4.25. The number of aryl methyl sites for hydroxylation is 1. The zero-order valence-corrected chi connectivity index (χ0v) is 18.4. The average Bonchev–Trinajstić information content (AvgIpc) is 3.16. The summed E-state index contributed by atoms with van der Waals surface area (Å²) in [6.45, 7) is 0.207. The van der Waals surface area contributed by atoms with Gasteiger partial charge in [0.1, 0.15) is 0 Å². The number of hydrazone groups is 1. The highest BCUT2D eigenvalue weighted by Gasteiger charge is 2.19. The van der Waals surface area contributed by atoms with E-state index >= 15 is 0 Å². The molecule has 0 unspecified atom stereocenters. The Kier molecular flexibility index (Phi) is 5.80. The molecule has 0 aliphatic heterocycles. The third-order valence-electron chi connectivity index (χ3n) is 5.12. The third-order valence-corrected chi connectivity index (χ3v) is 5.49. The molecule has 168 valence electrons. The van der Waals surface area contributed by atoms with Gasteiger partial charge in [-0.1, -0.05) is 29.8 Å². The van der Waals surface area contributed by atoms with E-state index in [0.717, 1.165) is 10.1 Å². The summed E-state index contributed by atoms with van der Waals surface area (Å²) in [5, 5.41) is 15.5. The van der Waals surface area contributed by atoms with Crippen LogP contribution in [0.3, 0.4) is 0 Å². The van der Waals surface area contributed by atoms with E-state index < -0.39 is 16.2 Å². The van der Waals surface area contributed by atoms with Crippen molar-refractivity contribution in [1.29, 1.82) is 0 Å². The SMILES string of the molecule is Cn1c(=O)c2c(nc(N/N=C/c3ccc([N+](=O)[O-])cc3)n2Cc2ccccc2Cl)n(C)c1=O. The normalized spacial score (nSPS) is 11.4. The molecule has 0 saturated carbocycles. The Bertz CT molecular complexity index is 1520. The van der Waals surface area contributed by atoms with Gasteiger partial charge in [0, 0.05) is 31.3 Å². The van der Waals surface area contributed by atoms with Crippen molar-refractivity contribution >= 4 is 40.6 Å². The zero-order chi connectivity index (χ0) is 23.7. The number of imidazole rings is 1. The molecular weight excluding hydrogens is 450 g/mol. The molecule has 12 heteroatoms. The van der Waals surface area contributed by atoms with Gasteiger partial charge in [-0.05, 0) is 29.3 Å². The first-order valence-corrected chi connectivity index (χ1v) is 10.1. The lowest BCUT2D eigenvalue weighted by Crippen LogP contribution is -2.37. The molecule has 11 nitrogen and oxygen atoms in total. The molecule has 1 N–H and O–H groups in total. The summed E-state index contributed by atoms with van der Waals surface area (Å²) in [5.74, 6) is 0.224. The first kappa shape index (κ1) is 22.0. The molecule has 0 aliphatic carbocycles. The van der Waals surface area contributed by atoms with E-state index in [2.05, 4.69) is 15.5 Å². The fraction of sp³-hybridized carbons (Fsp3) is 0.143.